The van der Waals surface area contributed by atoms with Crippen molar-refractivity contribution in [2.45, 2.75) is 32.1 Å². The van der Waals surface area contributed by atoms with Crippen molar-refractivity contribution in [1.29, 1.82) is 0 Å². The zero-order valence-electron chi connectivity index (χ0n) is 17.4. The summed E-state index contributed by atoms with van der Waals surface area (Å²) in [5.41, 5.74) is 1.57. The van der Waals surface area contributed by atoms with Gasteiger partial charge in [-0.2, -0.15) is 0 Å². The summed E-state index contributed by atoms with van der Waals surface area (Å²) in [6, 6.07) is 12.3. The highest BCUT2D eigenvalue weighted by Gasteiger charge is 2.40. The number of hydrogen-bond acceptors (Lipinski definition) is 4. The number of methoxy groups -OCH3 is 2. The molecule has 0 aliphatic heterocycles. The summed E-state index contributed by atoms with van der Waals surface area (Å²) < 4.78 is 10.9. The first kappa shape index (κ1) is 20.3. The predicted octanol–water partition coefficient (Wildman–Crippen LogP) is 4.72. The number of nitrogens with one attached hydrogen (secondary N) is 2. The van der Waals surface area contributed by atoms with Crippen molar-refractivity contribution in [1.82, 2.24) is 0 Å². The lowest BCUT2D eigenvalue weighted by atomic mass is 9.86. The molecule has 2 amide bonds. The minimum absolute atomic E-state index is 0.00558. The van der Waals surface area contributed by atoms with Gasteiger partial charge in [0.05, 0.1) is 25.6 Å². The van der Waals surface area contributed by atoms with Crippen LogP contribution in [-0.2, 0) is 4.79 Å². The van der Waals surface area contributed by atoms with Gasteiger partial charge in [-0.15, -0.1) is 0 Å². The Morgan fingerprint density at radius 2 is 1.60 bits per heavy atom. The molecular weight excluding hydrogens is 380 g/mol. The monoisotopic (exact) mass is 408 g/mol. The lowest BCUT2D eigenvalue weighted by Gasteiger charge is -2.21. The molecule has 3 unspecified atom stereocenters. The van der Waals surface area contributed by atoms with Crippen LogP contribution in [-0.4, -0.2) is 26.0 Å². The molecule has 2 N–H and O–H groups in total. The van der Waals surface area contributed by atoms with Crippen LogP contribution in [0.2, 0.25) is 0 Å². The first-order valence-electron chi connectivity index (χ1n) is 10.5. The van der Waals surface area contributed by atoms with Crippen molar-refractivity contribution in [2.75, 3.05) is 24.9 Å². The number of rotatable bonds is 7. The molecule has 158 valence electrons. The lowest BCUT2D eigenvalue weighted by molar-refractivity contribution is -0.117. The van der Waals surface area contributed by atoms with Gasteiger partial charge in [0.15, 0.2) is 0 Å². The van der Waals surface area contributed by atoms with Gasteiger partial charge < -0.3 is 20.1 Å². The van der Waals surface area contributed by atoms with Crippen molar-refractivity contribution in [3.05, 3.63) is 48.0 Å². The zero-order valence-corrected chi connectivity index (χ0v) is 17.4. The van der Waals surface area contributed by atoms with Crippen molar-refractivity contribution in [3.63, 3.8) is 0 Å². The first-order chi connectivity index (χ1) is 14.6. The van der Waals surface area contributed by atoms with E-state index in [2.05, 4.69) is 10.6 Å². The Morgan fingerprint density at radius 1 is 0.933 bits per heavy atom. The third-order valence-corrected chi connectivity index (χ3v) is 6.41. The van der Waals surface area contributed by atoms with E-state index in [1.54, 1.807) is 24.3 Å². The average Bonchev–Trinajstić information content (AvgIpc) is 3.38. The largest absolute Gasteiger partial charge is 0.494 e. The zero-order chi connectivity index (χ0) is 21.1. The Kier molecular flexibility index (Phi) is 5.93. The Morgan fingerprint density at radius 3 is 2.17 bits per heavy atom. The SMILES string of the molecule is COc1cc(NC(=O)c2ccccc2)c(OC)cc1NC(=O)CC1CC2CCC1C2. The van der Waals surface area contributed by atoms with Crippen molar-refractivity contribution in [3.8, 4) is 11.5 Å². The fraction of sp³-hybridized carbons (Fsp3) is 0.417. The normalized spacial score (nSPS) is 21.9. The third-order valence-electron chi connectivity index (χ3n) is 6.41. The van der Waals surface area contributed by atoms with Gasteiger partial charge in [0, 0.05) is 24.1 Å². The van der Waals surface area contributed by atoms with E-state index in [-0.39, 0.29) is 11.8 Å². The van der Waals surface area contributed by atoms with E-state index in [0.717, 1.165) is 5.92 Å². The van der Waals surface area contributed by atoms with E-state index in [9.17, 15) is 9.59 Å². The molecule has 0 heterocycles. The van der Waals surface area contributed by atoms with Crippen molar-refractivity contribution < 1.29 is 19.1 Å². The first-order valence-corrected chi connectivity index (χ1v) is 10.5. The van der Waals surface area contributed by atoms with Crippen LogP contribution < -0.4 is 20.1 Å². The summed E-state index contributed by atoms with van der Waals surface area (Å²) in [6.07, 6.45) is 5.58. The van der Waals surface area contributed by atoms with E-state index in [4.69, 9.17) is 9.47 Å². The maximum absolute atomic E-state index is 12.7. The average molecular weight is 408 g/mol. The molecule has 2 aliphatic rings. The molecule has 2 aromatic carbocycles. The van der Waals surface area contributed by atoms with Gasteiger partial charge in [-0.25, -0.2) is 0 Å². The minimum Gasteiger partial charge on any atom is -0.494 e. The summed E-state index contributed by atoms with van der Waals surface area (Å²) >= 11 is 0. The van der Waals surface area contributed by atoms with Crippen LogP contribution in [0.15, 0.2) is 42.5 Å². The molecule has 2 bridgehead atoms. The molecule has 2 aromatic rings. The van der Waals surface area contributed by atoms with Crippen molar-refractivity contribution in [2.24, 2.45) is 17.8 Å². The number of ether oxygens (including phenoxy) is 2. The highest BCUT2D eigenvalue weighted by Crippen LogP contribution is 2.49. The second-order valence-electron chi connectivity index (χ2n) is 8.26. The molecule has 4 rings (SSSR count). The van der Waals surface area contributed by atoms with E-state index in [0.29, 0.717) is 46.7 Å². The van der Waals surface area contributed by atoms with E-state index in [1.165, 1.54) is 39.9 Å². The molecule has 30 heavy (non-hydrogen) atoms. The molecule has 0 spiro atoms. The number of carbonyl (C=O) groups excluding carboxylic acids is 2. The topological polar surface area (TPSA) is 76.7 Å². The lowest BCUT2D eigenvalue weighted by Crippen LogP contribution is -2.20. The number of hydrogen-bond donors (Lipinski definition) is 2. The van der Waals surface area contributed by atoms with Crippen LogP contribution in [0.3, 0.4) is 0 Å². The number of benzene rings is 2. The Balaban J connectivity index is 1.48. The summed E-state index contributed by atoms with van der Waals surface area (Å²) in [6.45, 7) is 0. The van der Waals surface area contributed by atoms with Gasteiger partial charge >= 0.3 is 0 Å². The fourth-order valence-corrected chi connectivity index (χ4v) is 4.94. The fourth-order valence-electron chi connectivity index (χ4n) is 4.94. The number of carbonyl (C=O) groups is 2. The summed E-state index contributed by atoms with van der Waals surface area (Å²) in [5.74, 6) is 2.68. The molecule has 2 saturated carbocycles. The maximum Gasteiger partial charge on any atom is 0.255 e. The van der Waals surface area contributed by atoms with E-state index in [1.807, 2.05) is 18.2 Å². The predicted molar refractivity (Wildman–Crippen MR) is 116 cm³/mol. The van der Waals surface area contributed by atoms with Gasteiger partial charge in [0.2, 0.25) is 5.91 Å². The van der Waals surface area contributed by atoms with E-state index < -0.39 is 0 Å². The Labute approximate surface area is 177 Å². The highest BCUT2D eigenvalue weighted by atomic mass is 16.5. The van der Waals surface area contributed by atoms with E-state index >= 15 is 0 Å². The molecular formula is C24H28N2O4. The summed E-state index contributed by atoms with van der Waals surface area (Å²) in [7, 11) is 3.07. The van der Waals surface area contributed by atoms with Crippen LogP contribution in [0.4, 0.5) is 11.4 Å². The van der Waals surface area contributed by atoms with Crippen LogP contribution in [0.25, 0.3) is 0 Å². The third kappa shape index (κ3) is 4.27. The van der Waals surface area contributed by atoms with Gasteiger partial charge in [-0.3, -0.25) is 9.59 Å². The molecule has 6 heteroatoms. The van der Waals surface area contributed by atoms with Crippen LogP contribution in [0, 0.1) is 17.8 Å². The Hall–Kier alpha value is -3.02. The van der Waals surface area contributed by atoms with Gasteiger partial charge in [0.1, 0.15) is 11.5 Å². The molecule has 0 aromatic heterocycles. The second kappa shape index (κ2) is 8.78. The standard InChI is InChI=1S/C24H28N2O4/c1-29-21-14-20(26-24(28)16-6-4-3-5-7-16)22(30-2)13-19(21)25-23(27)12-18-11-15-8-9-17(18)10-15/h3-7,13-15,17-18H,8-12H2,1-2H3,(H,25,27)(H,26,28). The van der Waals surface area contributed by atoms with Crippen LogP contribution in [0.5, 0.6) is 11.5 Å². The molecule has 2 fully saturated rings. The quantitative estimate of drug-likeness (QED) is 0.695. The molecule has 6 nitrogen and oxygen atoms in total. The number of amides is 2. The Bertz CT molecular complexity index is 928. The van der Waals surface area contributed by atoms with Crippen molar-refractivity contribution >= 4 is 23.2 Å². The summed E-state index contributed by atoms with van der Waals surface area (Å²) in [5, 5.41) is 5.83. The van der Waals surface area contributed by atoms with Gasteiger partial charge in [-0.05, 0) is 49.1 Å². The smallest absolute Gasteiger partial charge is 0.255 e. The maximum atomic E-state index is 12.7. The minimum atomic E-state index is -0.246. The van der Waals surface area contributed by atoms with Gasteiger partial charge in [0.25, 0.3) is 5.91 Å². The number of fused-ring (bicyclic) bond motifs is 2. The second-order valence-corrected chi connectivity index (χ2v) is 8.26. The molecule has 0 radical (unpaired) electrons. The van der Waals surface area contributed by atoms with Gasteiger partial charge in [-0.1, -0.05) is 24.6 Å². The van der Waals surface area contributed by atoms with Crippen LogP contribution in [0.1, 0.15) is 42.5 Å². The molecule has 0 saturated heterocycles. The summed E-state index contributed by atoms with van der Waals surface area (Å²) in [4.78, 5) is 25.2. The highest BCUT2D eigenvalue weighted by molar-refractivity contribution is 6.05. The number of anilines is 2. The molecule has 2 aliphatic carbocycles. The molecule has 3 atom stereocenters. The van der Waals surface area contributed by atoms with Crippen LogP contribution >= 0.6 is 0 Å².